The van der Waals surface area contributed by atoms with Gasteiger partial charge >= 0.3 is 5.97 Å². The van der Waals surface area contributed by atoms with E-state index in [4.69, 9.17) is 27.9 Å². The molecule has 1 aliphatic heterocycles. The summed E-state index contributed by atoms with van der Waals surface area (Å²) >= 11 is 11.9. The van der Waals surface area contributed by atoms with Crippen molar-refractivity contribution in [3.8, 4) is 0 Å². The lowest BCUT2D eigenvalue weighted by Crippen LogP contribution is -2.25. The molecule has 0 N–H and O–H groups in total. The van der Waals surface area contributed by atoms with Crippen molar-refractivity contribution in [2.24, 2.45) is 0 Å². The van der Waals surface area contributed by atoms with Gasteiger partial charge in [0.1, 0.15) is 0 Å². The minimum absolute atomic E-state index is 0.0283. The molecule has 1 fully saturated rings. The lowest BCUT2D eigenvalue weighted by molar-refractivity contribution is 0.0475. The second-order valence-electron chi connectivity index (χ2n) is 7.28. The Morgan fingerprint density at radius 3 is 2.32 bits per heavy atom. The SMILES string of the molecule is CN(C)S(=O)(=O)c1ccc(N2CCCC2)c(C(=O)OCC(=O)c2ccc(Cl)cc2Cl)c1. The Bertz CT molecular complexity index is 1110. The highest BCUT2D eigenvalue weighted by Gasteiger charge is 2.26. The number of carbonyl (C=O) groups is 2. The number of sulfonamides is 1. The first kappa shape index (κ1) is 23.5. The van der Waals surface area contributed by atoms with Crippen molar-refractivity contribution in [1.29, 1.82) is 0 Å². The van der Waals surface area contributed by atoms with Gasteiger partial charge < -0.3 is 9.64 Å². The summed E-state index contributed by atoms with van der Waals surface area (Å²) in [4.78, 5) is 27.3. The van der Waals surface area contributed by atoms with Gasteiger partial charge in [-0.3, -0.25) is 4.79 Å². The van der Waals surface area contributed by atoms with E-state index >= 15 is 0 Å². The van der Waals surface area contributed by atoms with Crippen molar-refractivity contribution in [1.82, 2.24) is 4.31 Å². The molecule has 0 bridgehead atoms. The van der Waals surface area contributed by atoms with Gasteiger partial charge in [0, 0.05) is 37.8 Å². The summed E-state index contributed by atoms with van der Waals surface area (Å²) in [6.45, 7) is 0.961. The lowest BCUT2D eigenvalue weighted by atomic mass is 10.1. The quantitative estimate of drug-likeness (QED) is 0.437. The maximum Gasteiger partial charge on any atom is 0.340 e. The van der Waals surface area contributed by atoms with Crippen LogP contribution in [0.15, 0.2) is 41.3 Å². The molecule has 1 saturated heterocycles. The maximum atomic E-state index is 12.9. The van der Waals surface area contributed by atoms with Crippen LogP contribution in [0.4, 0.5) is 5.69 Å². The molecule has 166 valence electrons. The molecule has 2 aromatic rings. The van der Waals surface area contributed by atoms with E-state index in [2.05, 4.69) is 0 Å². The molecule has 1 aliphatic rings. The van der Waals surface area contributed by atoms with Crippen LogP contribution in [0, 0.1) is 0 Å². The van der Waals surface area contributed by atoms with Gasteiger partial charge in [0.15, 0.2) is 6.61 Å². The summed E-state index contributed by atoms with van der Waals surface area (Å²) in [5.41, 5.74) is 0.861. The fourth-order valence-electron chi connectivity index (χ4n) is 3.29. The zero-order valence-corrected chi connectivity index (χ0v) is 19.4. The van der Waals surface area contributed by atoms with Crippen LogP contribution in [0.3, 0.4) is 0 Å². The van der Waals surface area contributed by atoms with Gasteiger partial charge in [-0.2, -0.15) is 0 Å². The van der Waals surface area contributed by atoms with Gasteiger partial charge in [-0.05, 0) is 49.2 Å². The molecule has 10 heteroatoms. The summed E-state index contributed by atoms with van der Waals surface area (Å²) in [7, 11) is -0.921. The van der Waals surface area contributed by atoms with Crippen LogP contribution in [0.1, 0.15) is 33.6 Å². The highest BCUT2D eigenvalue weighted by molar-refractivity contribution is 7.89. The van der Waals surface area contributed by atoms with E-state index in [1.54, 1.807) is 6.07 Å². The number of anilines is 1. The molecule has 0 unspecified atom stereocenters. The molecule has 31 heavy (non-hydrogen) atoms. The number of ketones is 1. The fraction of sp³-hybridized carbons (Fsp3) is 0.333. The Labute approximate surface area is 191 Å². The molecule has 0 radical (unpaired) electrons. The van der Waals surface area contributed by atoms with Crippen LogP contribution in [0.5, 0.6) is 0 Å². The molecule has 2 aromatic carbocycles. The number of halogens is 2. The van der Waals surface area contributed by atoms with Gasteiger partial charge in [0.25, 0.3) is 0 Å². The Morgan fingerprint density at radius 2 is 1.71 bits per heavy atom. The third-order valence-electron chi connectivity index (χ3n) is 4.98. The lowest BCUT2D eigenvalue weighted by Gasteiger charge is -2.22. The largest absolute Gasteiger partial charge is 0.454 e. The predicted molar refractivity (Wildman–Crippen MR) is 120 cm³/mol. The highest BCUT2D eigenvalue weighted by Crippen LogP contribution is 2.29. The molecule has 1 heterocycles. The van der Waals surface area contributed by atoms with E-state index in [-0.39, 0.29) is 21.0 Å². The van der Waals surface area contributed by atoms with Crippen LogP contribution in [-0.2, 0) is 14.8 Å². The van der Waals surface area contributed by atoms with E-state index in [0.717, 1.165) is 30.2 Å². The summed E-state index contributed by atoms with van der Waals surface area (Å²) in [5.74, 6) is -1.27. The normalized spacial score (nSPS) is 14.2. The molecule has 0 spiro atoms. The number of Topliss-reactive ketones (excluding diaryl/α,β-unsaturated/α-hetero) is 1. The summed E-state index contributed by atoms with van der Waals surface area (Å²) in [6, 6.07) is 8.78. The third kappa shape index (κ3) is 5.20. The average molecular weight is 485 g/mol. The van der Waals surface area contributed by atoms with Gasteiger partial charge in [-0.25, -0.2) is 17.5 Å². The first-order valence-corrected chi connectivity index (χ1v) is 11.8. The first-order valence-electron chi connectivity index (χ1n) is 9.58. The smallest absolute Gasteiger partial charge is 0.340 e. The number of carbonyl (C=O) groups excluding carboxylic acids is 2. The van der Waals surface area contributed by atoms with E-state index in [1.165, 1.54) is 44.4 Å². The highest BCUT2D eigenvalue weighted by atomic mass is 35.5. The Balaban J connectivity index is 1.87. The Morgan fingerprint density at radius 1 is 1.03 bits per heavy atom. The zero-order valence-electron chi connectivity index (χ0n) is 17.1. The number of hydrogen-bond acceptors (Lipinski definition) is 6. The number of esters is 1. The first-order chi connectivity index (χ1) is 14.6. The number of benzene rings is 2. The number of ether oxygens (including phenoxy) is 1. The second-order valence-corrected chi connectivity index (χ2v) is 10.3. The predicted octanol–water partition coefficient (Wildman–Crippen LogP) is 3.88. The van der Waals surface area contributed by atoms with Crippen LogP contribution < -0.4 is 4.90 Å². The second kappa shape index (κ2) is 9.56. The van der Waals surface area contributed by atoms with Gasteiger partial charge in [0.2, 0.25) is 15.8 Å². The molecule has 7 nitrogen and oxygen atoms in total. The molecular formula is C21H22Cl2N2O5S. The molecule has 0 amide bonds. The van der Waals surface area contributed by atoms with Gasteiger partial charge in [-0.1, -0.05) is 23.2 Å². The van der Waals surface area contributed by atoms with E-state index in [1.807, 2.05) is 4.90 Å². The molecule has 0 aliphatic carbocycles. The van der Waals surface area contributed by atoms with Gasteiger partial charge in [-0.15, -0.1) is 0 Å². The third-order valence-corrected chi connectivity index (χ3v) is 7.34. The van der Waals surface area contributed by atoms with Crippen LogP contribution in [-0.4, -0.2) is 58.3 Å². The molecule has 0 saturated carbocycles. The zero-order chi connectivity index (χ0) is 22.8. The summed E-state index contributed by atoms with van der Waals surface area (Å²) < 4.78 is 31.4. The monoisotopic (exact) mass is 484 g/mol. The molecule has 0 atom stereocenters. The van der Waals surface area contributed by atoms with Crippen molar-refractivity contribution in [3.63, 3.8) is 0 Å². The molecule has 0 aromatic heterocycles. The Hall–Kier alpha value is -2.13. The molecular weight excluding hydrogens is 463 g/mol. The topological polar surface area (TPSA) is 84.0 Å². The minimum atomic E-state index is -3.75. The van der Waals surface area contributed by atoms with Crippen LogP contribution in [0.2, 0.25) is 10.0 Å². The van der Waals surface area contributed by atoms with Crippen molar-refractivity contribution in [2.45, 2.75) is 17.7 Å². The summed E-state index contributed by atoms with van der Waals surface area (Å²) in [5, 5.41) is 0.540. The van der Waals surface area contributed by atoms with E-state index < -0.39 is 28.4 Å². The van der Waals surface area contributed by atoms with Crippen molar-refractivity contribution < 1.29 is 22.7 Å². The van der Waals surface area contributed by atoms with Crippen LogP contribution >= 0.6 is 23.2 Å². The fourth-order valence-corrected chi connectivity index (χ4v) is 4.73. The van der Waals surface area contributed by atoms with Crippen molar-refractivity contribution >= 4 is 50.7 Å². The number of hydrogen-bond donors (Lipinski definition) is 0. The van der Waals surface area contributed by atoms with Crippen LogP contribution in [0.25, 0.3) is 0 Å². The summed E-state index contributed by atoms with van der Waals surface area (Å²) in [6.07, 6.45) is 1.94. The number of rotatable bonds is 7. The molecule has 3 rings (SSSR count). The van der Waals surface area contributed by atoms with E-state index in [9.17, 15) is 18.0 Å². The number of nitrogens with zero attached hydrogens (tertiary/aromatic N) is 2. The van der Waals surface area contributed by atoms with Gasteiger partial charge in [0.05, 0.1) is 21.2 Å². The average Bonchev–Trinajstić information content (AvgIpc) is 3.25. The standard InChI is InChI=1S/C21H22Cl2N2O5S/c1-24(2)31(28,29)15-6-8-19(25-9-3-4-10-25)17(12-15)21(27)30-13-20(26)16-7-5-14(22)11-18(16)23/h5-8,11-12H,3-4,9-10,13H2,1-2H3. The Kier molecular flexibility index (Phi) is 7.26. The minimum Gasteiger partial charge on any atom is -0.454 e. The van der Waals surface area contributed by atoms with E-state index in [0.29, 0.717) is 10.7 Å². The van der Waals surface area contributed by atoms with Crippen molar-refractivity contribution in [3.05, 3.63) is 57.6 Å². The maximum absolute atomic E-state index is 12.9. The van der Waals surface area contributed by atoms with Crippen molar-refractivity contribution in [2.75, 3.05) is 38.7 Å².